The molecule has 0 atom stereocenters. The molecule has 2 aromatic rings. The molecule has 0 saturated carbocycles. The van der Waals surface area contributed by atoms with Gasteiger partial charge in [-0.15, -0.1) is 0 Å². The van der Waals surface area contributed by atoms with Crippen molar-refractivity contribution < 1.29 is 19.4 Å². The third-order valence-corrected chi connectivity index (χ3v) is 2.30. The number of ether oxygens (including phenoxy) is 1. The van der Waals surface area contributed by atoms with Gasteiger partial charge in [0.2, 0.25) is 0 Å². The maximum atomic E-state index is 11.7. The predicted octanol–water partition coefficient (Wildman–Crippen LogP) is 1.96. The Morgan fingerprint density at radius 1 is 0.895 bits per heavy atom. The van der Waals surface area contributed by atoms with Gasteiger partial charge in [-0.1, -0.05) is 24.3 Å². The average molecular weight is 266 g/mol. The Balaban J connectivity index is 0.00000180. The Labute approximate surface area is 132 Å². The number of benzene rings is 2. The molecule has 0 bridgehead atoms. The Morgan fingerprint density at radius 3 is 2.16 bits per heavy atom. The van der Waals surface area contributed by atoms with Gasteiger partial charge in [-0.25, -0.2) is 9.59 Å². The zero-order valence-electron chi connectivity index (χ0n) is 9.37. The molecular formula is C14H11NaO4. The fourth-order valence-corrected chi connectivity index (χ4v) is 1.43. The number of carboxylic acids is 1. The summed E-state index contributed by atoms with van der Waals surface area (Å²) in [6, 6.07) is 14.3. The van der Waals surface area contributed by atoms with Gasteiger partial charge in [-0.2, -0.15) is 0 Å². The minimum atomic E-state index is -1.06. The van der Waals surface area contributed by atoms with Gasteiger partial charge in [0.1, 0.15) is 5.75 Å². The molecule has 0 aliphatic heterocycles. The number of aromatic carboxylic acids is 1. The predicted molar refractivity (Wildman–Crippen MR) is 72.0 cm³/mol. The fraction of sp³-hybridized carbons (Fsp3) is 0. The van der Waals surface area contributed by atoms with Crippen molar-refractivity contribution in [1.29, 1.82) is 0 Å². The summed E-state index contributed by atoms with van der Waals surface area (Å²) >= 11 is 0. The molecule has 0 fully saturated rings. The van der Waals surface area contributed by atoms with Crippen LogP contribution in [0.25, 0.3) is 0 Å². The van der Waals surface area contributed by atoms with E-state index in [1.54, 1.807) is 30.3 Å². The maximum absolute atomic E-state index is 11.7. The van der Waals surface area contributed by atoms with Crippen molar-refractivity contribution in [3.8, 4) is 5.75 Å². The van der Waals surface area contributed by atoms with E-state index in [2.05, 4.69) is 0 Å². The molecule has 4 nitrogen and oxygen atoms in total. The second kappa shape index (κ2) is 7.09. The SMILES string of the molecule is O=C(O)c1cccc(OC(=O)c2ccccc2)c1.[NaH]. The molecule has 1 N–H and O–H groups in total. The minimum absolute atomic E-state index is 0. The molecule has 0 saturated heterocycles. The van der Waals surface area contributed by atoms with E-state index in [4.69, 9.17) is 9.84 Å². The first-order valence-electron chi connectivity index (χ1n) is 5.27. The van der Waals surface area contributed by atoms with Crippen LogP contribution in [0.3, 0.4) is 0 Å². The van der Waals surface area contributed by atoms with Crippen molar-refractivity contribution in [2.75, 3.05) is 0 Å². The van der Waals surface area contributed by atoms with Crippen molar-refractivity contribution in [1.82, 2.24) is 0 Å². The van der Waals surface area contributed by atoms with Crippen molar-refractivity contribution >= 4 is 41.5 Å². The zero-order chi connectivity index (χ0) is 13.0. The molecule has 5 heteroatoms. The molecule has 2 aromatic carbocycles. The Kier molecular flexibility index (Phi) is 5.76. The first-order chi connectivity index (χ1) is 8.66. The van der Waals surface area contributed by atoms with Crippen LogP contribution in [-0.2, 0) is 0 Å². The third kappa shape index (κ3) is 4.21. The number of carbonyl (C=O) groups excluding carboxylic acids is 1. The van der Waals surface area contributed by atoms with Gasteiger partial charge >= 0.3 is 41.5 Å². The average Bonchev–Trinajstić information content (AvgIpc) is 2.40. The van der Waals surface area contributed by atoms with E-state index in [0.29, 0.717) is 5.56 Å². The Hall–Kier alpha value is -1.62. The number of hydrogen-bond donors (Lipinski definition) is 1. The van der Waals surface area contributed by atoms with Crippen LogP contribution in [0, 0.1) is 0 Å². The Morgan fingerprint density at radius 2 is 1.53 bits per heavy atom. The summed E-state index contributed by atoms with van der Waals surface area (Å²) in [6.07, 6.45) is 0. The summed E-state index contributed by atoms with van der Waals surface area (Å²) in [5, 5.41) is 8.82. The van der Waals surface area contributed by atoms with E-state index >= 15 is 0 Å². The van der Waals surface area contributed by atoms with Gasteiger partial charge in [0.25, 0.3) is 0 Å². The molecular weight excluding hydrogens is 255 g/mol. The monoisotopic (exact) mass is 266 g/mol. The standard InChI is InChI=1S/C14H10O4.Na.H/c15-13(16)11-7-4-8-12(9-11)18-14(17)10-5-2-1-3-6-10;;/h1-9H,(H,15,16);;. The fourth-order valence-electron chi connectivity index (χ4n) is 1.43. The summed E-state index contributed by atoms with van der Waals surface area (Å²) in [7, 11) is 0. The van der Waals surface area contributed by atoms with Crippen molar-refractivity contribution in [3.63, 3.8) is 0 Å². The van der Waals surface area contributed by atoms with Gasteiger partial charge in [0.05, 0.1) is 11.1 Å². The number of carbonyl (C=O) groups is 2. The molecule has 0 aliphatic rings. The van der Waals surface area contributed by atoms with E-state index in [1.807, 2.05) is 0 Å². The van der Waals surface area contributed by atoms with Gasteiger partial charge in [0.15, 0.2) is 0 Å². The van der Waals surface area contributed by atoms with Crippen LogP contribution in [0.1, 0.15) is 20.7 Å². The molecule has 92 valence electrons. The van der Waals surface area contributed by atoms with Gasteiger partial charge in [0, 0.05) is 0 Å². The van der Waals surface area contributed by atoms with Crippen molar-refractivity contribution in [2.24, 2.45) is 0 Å². The van der Waals surface area contributed by atoms with E-state index in [0.717, 1.165) is 0 Å². The van der Waals surface area contributed by atoms with Crippen molar-refractivity contribution in [3.05, 3.63) is 65.7 Å². The summed E-state index contributed by atoms with van der Waals surface area (Å²) in [5.74, 6) is -1.37. The van der Waals surface area contributed by atoms with Crippen LogP contribution in [-0.4, -0.2) is 46.6 Å². The van der Waals surface area contributed by atoms with Gasteiger partial charge in [-0.05, 0) is 30.3 Å². The van der Waals surface area contributed by atoms with E-state index in [1.165, 1.54) is 24.3 Å². The number of rotatable bonds is 3. The summed E-state index contributed by atoms with van der Waals surface area (Å²) < 4.78 is 5.09. The number of carboxylic acid groups (broad SMARTS) is 1. The van der Waals surface area contributed by atoms with Crippen LogP contribution in [0.2, 0.25) is 0 Å². The van der Waals surface area contributed by atoms with Crippen LogP contribution in [0.15, 0.2) is 54.6 Å². The topological polar surface area (TPSA) is 63.6 Å². The van der Waals surface area contributed by atoms with Crippen LogP contribution in [0.4, 0.5) is 0 Å². The quantitative estimate of drug-likeness (QED) is 0.524. The van der Waals surface area contributed by atoms with E-state index < -0.39 is 11.9 Å². The molecule has 2 rings (SSSR count). The van der Waals surface area contributed by atoms with E-state index in [9.17, 15) is 9.59 Å². The molecule has 0 aromatic heterocycles. The van der Waals surface area contributed by atoms with Gasteiger partial charge in [-0.3, -0.25) is 0 Å². The molecule has 0 heterocycles. The zero-order valence-corrected chi connectivity index (χ0v) is 9.37. The normalized spacial score (nSPS) is 9.26. The molecule has 0 spiro atoms. The van der Waals surface area contributed by atoms with Crippen molar-refractivity contribution in [2.45, 2.75) is 0 Å². The molecule has 19 heavy (non-hydrogen) atoms. The number of esters is 1. The third-order valence-electron chi connectivity index (χ3n) is 2.30. The van der Waals surface area contributed by atoms with Crippen LogP contribution in [0.5, 0.6) is 5.75 Å². The van der Waals surface area contributed by atoms with Crippen LogP contribution < -0.4 is 4.74 Å². The first kappa shape index (κ1) is 15.4. The molecule has 0 unspecified atom stereocenters. The summed E-state index contributed by atoms with van der Waals surface area (Å²) in [6.45, 7) is 0. The Bertz CT molecular complexity index is 581. The number of hydrogen-bond acceptors (Lipinski definition) is 3. The van der Waals surface area contributed by atoms with Crippen LogP contribution >= 0.6 is 0 Å². The summed E-state index contributed by atoms with van der Waals surface area (Å²) in [4.78, 5) is 22.5. The van der Waals surface area contributed by atoms with E-state index in [-0.39, 0.29) is 40.9 Å². The summed E-state index contributed by atoms with van der Waals surface area (Å²) in [5.41, 5.74) is 0.492. The second-order valence-corrected chi connectivity index (χ2v) is 3.59. The second-order valence-electron chi connectivity index (χ2n) is 3.59. The van der Waals surface area contributed by atoms with Gasteiger partial charge < -0.3 is 9.84 Å². The molecule has 0 amide bonds. The first-order valence-corrected chi connectivity index (χ1v) is 5.27. The molecule has 0 radical (unpaired) electrons. The molecule has 0 aliphatic carbocycles.